The molecular weight excluding hydrogens is 222 g/mol. The molecule has 0 amide bonds. The van der Waals surface area contributed by atoms with E-state index in [9.17, 15) is 5.11 Å². The Morgan fingerprint density at radius 1 is 1.18 bits per heavy atom. The van der Waals surface area contributed by atoms with Crippen LogP contribution in [0.4, 0.5) is 0 Å². The molecule has 0 spiro atoms. The molecule has 100 valence electrons. The highest BCUT2D eigenvalue weighted by Crippen LogP contribution is 2.31. The lowest BCUT2D eigenvalue weighted by Crippen LogP contribution is -2.50. The van der Waals surface area contributed by atoms with E-state index in [1.807, 2.05) is 0 Å². The quantitative estimate of drug-likeness (QED) is 0.697. The van der Waals surface area contributed by atoms with Crippen molar-refractivity contribution in [3.05, 3.63) is 0 Å². The van der Waals surface area contributed by atoms with Crippen molar-refractivity contribution in [1.29, 1.82) is 0 Å². The Balaban J connectivity index is 1.88. The van der Waals surface area contributed by atoms with Gasteiger partial charge in [-0.3, -0.25) is 4.90 Å². The van der Waals surface area contributed by atoms with Crippen LogP contribution >= 0.6 is 0 Å². The molecule has 0 saturated carbocycles. The fourth-order valence-electron chi connectivity index (χ4n) is 2.68. The highest BCUT2D eigenvalue weighted by Gasteiger charge is 2.35. The summed E-state index contributed by atoms with van der Waals surface area (Å²) >= 11 is 0. The van der Waals surface area contributed by atoms with Gasteiger partial charge >= 0.3 is 0 Å². The largest absolute Gasteiger partial charge is 0.396 e. The Hall–Kier alpha value is -0.200. The van der Waals surface area contributed by atoms with E-state index in [1.54, 1.807) is 0 Å². The van der Waals surface area contributed by atoms with Crippen LogP contribution in [0.2, 0.25) is 0 Å². The lowest BCUT2D eigenvalue weighted by Gasteiger charge is -2.42. The average Bonchev–Trinajstić information content (AvgIpc) is 2.40. The van der Waals surface area contributed by atoms with Crippen molar-refractivity contribution in [3.63, 3.8) is 0 Å². The van der Waals surface area contributed by atoms with E-state index in [2.05, 4.69) is 4.90 Å². The third kappa shape index (κ3) is 3.39. The summed E-state index contributed by atoms with van der Waals surface area (Å²) in [5, 5.41) is 18.7. The van der Waals surface area contributed by atoms with Gasteiger partial charge in [-0.05, 0) is 12.8 Å². The first-order valence-electron chi connectivity index (χ1n) is 6.41. The summed E-state index contributed by atoms with van der Waals surface area (Å²) in [7, 11) is 0. The first kappa shape index (κ1) is 13.2. The lowest BCUT2D eigenvalue weighted by molar-refractivity contribution is -0.0840. The normalized spacial score (nSPS) is 30.4. The van der Waals surface area contributed by atoms with Gasteiger partial charge in [-0.25, -0.2) is 0 Å². The summed E-state index contributed by atoms with van der Waals surface area (Å²) in [6.07, 6.45) is 1.77. The third-order valence-electron chi connectivity index (χ3n) is 3.87. The molecule has 2 fully saturated rings. The Morgan fingerprint density at radius 2 is 1.94 bits per heavy atom. The Morgan fingerprint density at radius 3 is 2.59 bits per heavy atom. The molecule has 0 aromatic rings. The maximum absolute atomic E-state index is 9.63. The number of nitrogens with zero attached hydrogens (tertiary/aromatic N) is 1. The SMILES string of the molecule is OCC1CN(CC2(CO)CCOCC2)CCO1. The van der Waals surface area contributed by atoms with Crippen LogP contribution in [-0.4, -0.2) is 73.9 Å². The minimum atomic E-state index is -0.0701. The van der Waals surface area contributed by atoms with Crippen molar-refractivity contribution < 1.29 is 19.7 Å². The number of hydrogen-bond acceptors (Lipinski definition) is 5. The van der Waals surface area contributed by atoms with E-state index < -0.39 is 0 Å². The monoisotopic (exact) mass is 245 g/mol. The van der Waals surface area contributed by atoms with E-state index in [-0.39, 0.29) is 24.7 Å². The Bertz CT molecular complexity index is 231. The molecule has 0 aromatic carbocycles. The smallest absolute Gasteiger partial charge is 0.0932 e. The van der Waals surface area contributed by atoms with Crippen molar-refractivity contribution in [2.45, 2.75) is 18.9 Å². The number of rotatable bonds is 4. The van der Waals surface area contributed by atoms with Gasteiger partial charge < -0.3 is 19.7 Å². The van der Waals surface area contributed by atoms with Crippen molar-refractivity contribution >= 4 is 0 Å². The van der Waals surface area contributed by atoms with Crippen molar-refractivity contribution in [2.75, 3.05) is 52.7 Å². The zero-order valence-electron chi connectivity index (χ0n) is 10.3. The summed E-state index contributed by atoms with van der Waals surface area (Å²) in [6, 6.07) is 0. The van der Waals surface area contributed by atoms with Gasteiger partial charge in [-0.2, -0.15) is 0 Å². The summed E-state index contributed by atoms with van der Waals surface area (Å²) in [6.45, 7) is 4.99. The molecule has 2 heterocycles. The van der Waals surface area contributed by atoms with Crippen LogP contribution in [-0.2, 0) is 9.47 Å². The molecule has 2 aliphatic rings. The minimum absolute atomic E-state index is 0.0183. The van der Waals surface area contributed by atoms with Gasteiger partial charge in [-0.1, -0.05) is 0 Å². The Labute approximate surface area is 102 Å². The molecule has 1 unspecified atom stereocenters. The van der Waals surface area contributed by atoms with E-state index in [1.165, 1.54) is 0 Å². The van der Waals surface area contributed by atoms with Gasteiger partial charge in [0.15, 0.2) is 0 Å². The molecule has 0 radical (unpaired) electrons. The predicted octanol–water partition coefficient (Wildman–Crippen LogP) is -0.531. The van der Waals surface area contributed by atoms with Gasteiger partial charge in [0.1, 0.15) is 0 Å². The standard InChI is InChI=1S/C12H23NO4/c14-8-11-7-13(3-6-17-11)9-12(10-15)1-4-16-5-2-12/h11,14-15H,1-10H2. The van der Waals surface area contributed by atoms with Crippen LogP contribution in [0.3, 0.4) is 0 Å². The summed E-state index contributed by atoms with van der Waals surface area (Å²) < 4.78 is 10.8. The number of morpholine rings is 1. The second-order valence-electron chi connectivity index (χ2n) is 5.18. The third-order valence-corrected chi connectivity index (χ3v) is 3.87. The molecule has 5 nitrogen and oxygen atoms in total. The van der Waals surface area contributed by atoms with Gasteiger partial charge in [-0.15, -0.1) is 0 Å². The number of aliphatic hydroxyl groups excluding tert-OH is 2. The molecule has 0 bridgehead atoms. The highest BCUT2D eigenvalue weighted by atomic mass is 16.5. The van der Waals surface area contributed by atoms with Gasteiger partial charge in [0.25, 0.3) is 0 Å². The van der Waals surface area contributed by atoms with E-state index in [0.717, 1.165) is 45.7 Å². The minimum Gasteiger partial charge on any atom is -0.396 e. The van der Waals surface area contributed by atoms with Crippen LogP contribution in [0.5, 0.6) is 0 Å². The molecule has 5 heteroatoms. The van der Waals surface area contributed by atoms with E-state index >= 15 is 0 Å². The van der Waals surface area contributed by atoms with Crippen molar-refractivity contribution in [1.82, 2.24) is 4.90 Å². The van der Waals surface area contributed by atoms with Crippen molar-refractivity contribution in [2.24, 2.45) is 5.41 Å². The number of aliphatic hydroxyl groups is 2. The van der Waals surface area contributed by atoms with Crippen LogP contribution in [0.1, 0.15) is 12.8 Å². The molecular formula is C12H23NO4. The van der Waals surface area contributed by atoms with Gasteiger partial charge in [0.05, 0.1) is 25.9 Å². The fraction of sp³-hybridized carbons (Fsp3) is 1.00. The average molecular weight is 245 g/mol. The topological polar surface area (TPSA) is 62.2 Å². The molecule has 2 aliphatic heterocycles. The first-order valence-corrected chi connectivity index (χ1v) is 6.41. The number of hydrogen-bond donors (Lipinski definition) is 2. The van der Waals surface area contributed by atoms with Crippen LogP contribution < -0.4 is 0 Å². The van der Waals surface area contributed by atoms with Crippen LogP contribution in [0, 0.1) is 5.41 Å². The molecule has 0 aromatic heterocycles. The van der Waals surface area contributed by atoms with E-state index in [0.29, 0.717) is 6.61 Å². The zero-order chi connectivity index (χ0) is 12.1. The molecule has 2 N–H and O–H groups in total. The zero-order valence-corrected chi connectivity index (χ0v) is 10.3. The second kappa shape index (κ2) is 6.11. The van der Waals surface area contributed by atoms with E-state index in [4.69, 9.17) is 14.6 Å². The van der Waals surface area contributed by atoms with Crippen LogP contribution in [0.25, 0.3) is 0 Å². The molecule has 0 aliphatic carbocycles. The van der Waals surface area contributed by atoms with Gasteiger partial charge in [0, 0.05) is 38.3 Å². The summed E-state index contributed by atoms with van der Waals surface area (Å²) in [5.74, 6) is 0. The molecule has 1 atom stereocenters. The summed E-state index contributed by atoms with van der Waals surface area (Å²) in [5.41, 5.74) is -0.0183. The van der Waals surface area contributed by atoms with Crippen LogP contribution in [0.15, 0.2) is 0 Å². The molecule has 17 heavy (non-hydrogen) atoms. The first-order chi connectivity index (χ1) is 8.28. The van der Waals surface area contributed by atoms with Crippen molar-refractivity contribution in [3.8, 4) is 0 Å². The second-order valence-corrected chi connectivity index (χ2v) is 5.18. The number of ether oxygens (including phenoxy) is 2. The van der Waals surface area contributed by atoms with Gasteiger partial charge in [0.2, 0.25) is 0 Å². The maximum Gasteiger partial charge on any atom is 0.0932 e. The summed E-state index contributed by atoms with van der Waals surface area (Å²) in [4.78, 5) is 2.30. The fourth-order valence-corrected chi connectivity index (χ4v) is 2.68. The maximum atomic E-state index is 9.63. The molecule has 2 saturated heterocycles. The lowest BCUT2D eigenvalue weighted by atomic mass is 9.80. The molecule has 2 rings (SSSR count). The Kier molecular flexibility index (Phi) is 4.76. The highest BCUT2D eigenvalue weighted by molar-refractivity contribution is 4.86. The predicted molar refractivity (Wildman–Crippen MR) is 62.8 cm³/mol.